The summed E-state index contributed by atoms with van der Waals surface area (Å²) in [6, 6.07) is 4.98. The number of aromatic nitrogens is 3. The van der Waals surface area contributed by atoms with Gasteiger partial charge >= 0.3 is 0 Å². The van der Waals surface area contributed by atoms with Crippen molar-refractivity contribution in [2.75, 3.05) is 11.9 Å². The summed E-state index contributed by atoms with van der Waals surface area (Å²) in [6.45, 7) is 0.699. The van der Waals surface area contributed by atoms with Gasteiger partial charge in [0.05, 0.1) is 4.92 Å². The Balaban J connectivity index is 1.87. The summed E-state index contributed by atoms with van der Waals surface area (Å²) in [7, 11) is 1.89. The first kappa shape index (κ1) is 12.0. The maximum atomic E-state index is 10.5. The van der Waals surface area contributed by atoms with Crippen molar-refractivity contribution in [1.82, 2.24) is 14.8 Å². The van der Waals surface area contributed by atoms with Crippen LogP contribution in [0.25, 0.3) is 0 Å². The van der Waals surface area contributed by atoms with Crippen molar-refractivity contribution in [3.8, 4) is 0 Å². The number of pyridine rings is 1. The lowest BCUT2D eigenvalue weighted by molar-refractivity contribution is -0.385. The zero-order valence-corrected chi connectivity index (χ0v) is 9.91. The molecule has 2 aromatic heterocycles. The van der Waals surface area contributed by atoms with E-state index in [9.17, 15) is 10.1 Å². The molecule has 0 aromatic carbocycles. The fourth-order valence-corrected chi connectivity index (χ4v) is 1.56. The predicted molar refractivity (Wildman–Crippen MR) is 66.3 cm³/mol. The summed E-state index contributed by atoms with van der Waals surface area (Å²) in [4.78, 5) is 14.0. The summed E-state index contributed by atoms with van der Waals surface area (Å²) in [6.07, 6.45) is 3.81. The summed E-state index contributed by atoms with van der Waals surface area (Å²) in [5, 5.41) is 17.6. The van der Waals surface area contributed by atoms with Crippen LogP contribution in [0.15, 0.2) is 30.6 Å². The van der Waals surface area contributed by atoms with E-state index in [1.165, 1.54) is 12.3 Å². The van der Waals surface area contributed by atoms with E-state index in [0.717, 1.165) is 12.1 Å². The first-order valence-electron chi connectivity index (χ1n) is 5.48. The predicted octanol–water partition coefficient (Wildman–Crippen LogP) is 1.38. The molecule has 18 heavy (non-hydrogen) atoms. The van der Waals surface area contributed by atoms with Gasteiger partial charge in [0.15, 0.2) is 0 Å². The van der Waals surface area contributed by atoms with Crippen molar-refractivity contribution in [2.24, 2.45) is 7.05 Å². The van der Waals surface area contributed by atoms with Crippen LogP contribution in [0, 0.1) is 10.1 Å². The maximum absolute atomic E-state index is 10.5. The van der Waals surface area contributed by atoms with Crippen molar-refractivity contribution in [3.63, 3.8) is 0 Å². The molecule has 0 aliphatic rings. The van der Waals surface area contributed by atoms with Crippen molar-refractivity contribution in [1.29, 1.82) is 0 Å². The third-order valence-electron chi connectivity index (χ3n) is 2.57. The Labute approximate surface area is 104 Å². The lowest BCUT2D eigenvalue weighted by Crippen LogP contribution is -2.09. The fraction of sp³-hybridized carbons (Fsp3) is 0.273. The summed E-state index contributed by atoms with van der Waals surface area (Å²) < 4.78 is 1.81. The van der Waals surface area contributed by atoms with Crippen LogP contribution in [0.3, 0.4) is 0 Å². The Morgan fingerprint density at radius 3 is 2.83 bits per heavy atom. The van der Waals surface area contributed by atoms with Crippen LogP contribution < -0.4 is 5.32 Å². The van der Waals surface area contributed by atoms with E-state index in [1.54, 1.807) is 12.3 Å². The van der Waals surface area contributed by atoms with Crippen molar-refractivity contribution < 1.29 is 4.92 Å². The van der Waals surface area contributed by atoms with Gasteiger partial charge in [0, 0.05) is 38.0 Å². The van der Waals surface area contributed by atoms with E-state index in [1.807, 2.05) is 17.8 Å². The molecule has 0 atom stereocenters. The molecule has 7 nitrogen and oxygen atoms in total. The largest absolute Gasteiger partial charge is 0.370 e. The molecule has 0 amide bonds. The molecule has 0 radical (unpaired) electrons. The molecule has 1 N–H and O–H groups in total. The standard InChI is InChI=1S/C11H13N5O2/c1-15-9(5-7-14-15)4-6-12-11-3-2-10(8-13-11)16(17)18/h2-3,5,7-8H,4,6H2,1H3,(H,12,13). The van der Waals surface area contributed by atoms with Gasteiger partial charge in [-0.05, 0) is 12.1 Å². The van der Waals surface area contributed by atoms with Gasteiger partial charge in [0.2, 0.25) is 0 Å². The Hall–Kier alpha value is -2.44. The number of nitro groups is 1. The molecule has 7 heteroatoms. The molecule has 2 aromatic rings. The van der Waals surface area contributed by atoms with Crippen LogP contribution in [0.5, 0.6) is 0 Å². The minimum absolute atomic E-state index is 0.00724. The zero-order valence-electron chi connectivity index (χ0n) is 9.91. The first-order chi connectivity index (χ1) is 8.66. The number of hydrogen-bond donors (Lipinski definition) is 1. The molecule has 94 valence electrons. The zero-order chi connectivity index (χ0) is 13.0. The van der Waals surface area contributed by atoms with Gasteiger partial charge in [-0.3, -0.25) is 14.8 Å². The Bertz CT molecular complexity index is 535. The van der Waals surface area contributed by atoms with Gasteiger partial charge in [-0.1, -0.05) is 0 Å². The number of nitrogens with zero attached hydrogens (tertiary/aromatic N) is 4. The average molecular weight is 247 g/mol. The molecule has 0 saturated heterocycles. The minimum Gasteiger partial charge on any atom is -0.370 e. The highest BCUT2D eigenvalue weighted by Gasteiger charge is 2.05. The van der Waals surface area contributed by atoms with Crippen LogP contribution in [0.2, 0.25) is 0 Å². The molecule has 2 heterocycles. The van der Waals surface area contributed by atoms with Gasteiger partial charge in [0.25, 0.3) is 5.69 Å². The number of hydrogen-bond acceptors (Lipinski definition) is 5. The number of aryl methyl sites for hydroxylation is 1. The van der Waals surface area contributed by atoms with Crippen LogP contribution in [0.4, 0.5) is 11.5 Å². The molecular formula is C11H13N5O2. The molecular weight excluding hydrogens is 234 g/mol. The van der Waals surface area contributed by atoms with E-state index < -0.39 is 4.92 Å². The molecule has 0 aliphatic heterocycles. The highest BCUT2D eigenvalue weighted by Crippen LogP contribution is 2.11. The first-order valence-corrected chi connectivity index (χ1v) is 5.48. The van der Waals surface area contributed by atoms with E-state index in [2.05, 4.69) is 15.4 Å². The second kappa shape index (κ2) is 5.26. The van der Waals surface area contributed by atoms with E-state index in [4.69, 9.17) is 0 Å². The van der Waals surface area contributed by atoms with Crippen LogP contribution in [0.1, 0.15) is 5.69 Å². The third-order valence-corrected chi connectivity index (χ3v) is 2.57. The van der Waals surface area contributed by atoms with Crippen molar-refractivity contribution in [2.45, 2.75) is 6.42 Å². The molecule has 0 saturated carbocycles. The average Bonchev–Trinajstić information content (AvgIpc) is 2.76. The van der Waals surface area contributed by atoms with Gasteiger partial charge in [-0.15, -0.1) is 0 Å². The number of anilines is 1. The van der Waals surface area contributed by atoms with Crippen LogP contribution >= 0.6 is 0 Å². The van der Waals surface area contributed by atoms with E-state index in [-0.39, 0.29) is 5.69 Å². The van der Waals surface area contributed by atoms with Gasteiger partial charge in [0.1, 0.15) is 12.0 Å². The SMILES string of the molecule is Cn1nccc1CCNc1ccc([N+](=O)[O-])cn1. The molecule has 0 bridgehead atoms. The quantitative estimate of drug-likeness (QED) is 0.637. The molecule has 0 aliphatic carbocycles. The van der Waals surface area contributed by atoms with E-state index in [0.29, 0.717) is 12.4 Å². The van der Waals surface area contributed by atoms with Gasteiger partial charge in [-0.2, -0.15) is 5.10 Å². The smallest absolute Gasteiger partial charge is 0.287 e. The lowest BCUT2D eigenvalue weighted by atomic mass is 10.3. The van der Waals surface area contributed by atoms with Gasteiger partial charge < -0.3 is 5.32 Å². The summed E-state index contributed by atoms with van der Waals surface area (Å²) in [5.41, 5.74) is 1.11. The molecule has 0 spiro atoms. The van der Waals surface area contributed by atoms with Crippen molar-refractivity contribution >= 4 is 11.5 Å². The van der Waals surface area contributed by atoms with Crippen LogP contribution in [-0.2, 0) is 13.5 Å². The number of rotatable bonds is 5. The summed E-state index contributed by atoms with van der Waals surface area (Å²) in [5.74, 6) is 0.628. The fourth-order valence-electron chi connectivity index (χ4n) is 1.56. The van der Waals surface area contributed by atoms with Crippen LogP contribution in [-0.4, -0.2) is 26.2 Å². The lowest BCUT2D eigenvalue weighted by Gasteiger charge is -2.05. The minimum atomic E-state index is -0.466. The third kappa shape index (κ3) is 2.82. The second-order valence-corrected chi connectivity index (χ2v) is 3.78. The Kier molecular flexibility index (Phi) is 3.52. The highest BCUT2D eigenvalue weighted by atomic mass is 16.6. The number of nitrogens with one attached hydrogen (secondary N) is 1. The molecule has 0 fully saturated rings. The van der Waals surface area contributed by atoms with Gasteiger partial charge in [-0.25, -0.2) is 4.98 Å². The monoisotopic (exact) mass is 247 g/mol. The summed E-state index contributed by atoms with van der Waals surface area (Å²) >= 11 is 0. The maximum Gasteiger partial charge on any atom is 0.287 e. The molecule has 2 rings (SSSR count). The Morgan fingerprint density at radius 1 is 1.44 bits per heavy atom. The van der Waals surface area contributed by atoms with Crippen molar-refractivity contribution in [3.05, 3.63) is 46.4 Å². The normalized spacial score (nSPS) is 10.3. The highest BCUT2D eigenvalue weighted by molar-refractivity contribution is 5.40. The molecule has 0 unspecified atom stereocenters. The van der Waals surface area contributed by atoms with E-state index >= 15 is 0 Å². The topological polar surface area (TPSA) is 85.9 Å². The second-order valence-electron chi connectivity index (χ2n) is 3.78. The Morgan fingerprint density at radius 2 is 2.28 bits per heavy atom.